The Hall–Kier alpha value is -0.545. The number of hydrogen-bond donors (Lipinski definition) is 1. The largest absolute Gasteiger partial charge is 0.382 e. The lowest BCUT2D eigenvalue weighted by Crippen LogP contribution is -2.42. The van der Waals surface area contributed by atoms with E-state index in [9.17, 15) is 4.79 Å². The van der Waals surface area contributed by atoms with Crippen LogP contribution in [0.15, 0.2) is 0 Å². The van der Waals surface area contributed by atoms with Crippen LogP contribution in [0.4, 0.5) is 0 Å². The van der Waals surface area contributed by atoms with Gasteiger partial charge in [-0.05, 0) is 12.8 Å². The van der Waals surface area contributed by atoms with Crippen molar-refractivity contribution < 1.29 is 14.3 Å². The number of carbonyl (C=O) groups excluding carboxylic acids is 1. The molecule has 0 spiro atoms. The first-order valence-electron chi connectivity index (χ1n) is 10.4. The number of hydrogen-bond acceptors (Lipinski definition) is 3. The molecule has 3 atom stereocenters. The summed E-state index contributed by atoms with van der Waals surface area (Å²) in [6.45, 7) is 2.73. The zero-order chi connectivity index (χ0) is 18.3. The second kappa shape index (κ2) is 14.6. The van der Waals surface area contributed by atoms with Crippen molar-refractivity contribution in [3.05, 3.63) is 0 Å². The van der Waals surface area contributed by atoms with Gasteiger partial charge in [0.2, 0.25) is 5.91 Å². The Kier molecular flexibility index (Phi) is 13.1. The molecule has 5 heteroatoms. The average Bonchev–Trinajstić information content (AvgIpc) is 2.92. The van der Waals surface area contributed by atoms with Gasteiger partial charge in [-0.15, -0.1) is 0 Å². The molecule has 0 unspecified atom stereocenters. The summed E-state index contributed by atoms with van der Waals surface area (Å²) in [6.07, 6.45) is 15.4. The van der Waals surface area contributed by atoms with Crippen LogP contribution in [-0.4, -0.2) is 45.6 Å². The molecule has 1 fully saturated rings. The van der Waals surface area contributed by atoms with Crippen LogP contribution < -0.4 is 5.32 Å². The Morgan fingerprint density at radius 3 is 2.16 bits per heavy atom. The lowest BCUT2D eigenvalue weighted by atomic mass is 9.95. The Balaban J connectivity index is 1.95. The van der Waals surface area contributed by atoms with E-state index in [1.165, 1.54) is 57.8 Å². The van der Waals surface area contributed by atoms with Crippen molar-refractivity contribution in [3.63, 3.8) is 0 Å². The summed E-state index contributed by atoms with van der Waals surface area (Å²) in [7, 11) is 7.44. The SMILES string of the molecule is [B][C@H]1C[C@@H](NC(=O)CCCCCCCCCCCCC)[C@@H](COC)O1. The minimum Gasteiger partial charge on any atom is -0.382 e. The third kappa shape index (κ3) is 10.9. The molecule has 0 aliphatic carbocycles. The van der Waals surface area contributed by atoms with Gasteiger partial charge in [0.25, 0.3) is 0 Å². The Bertz CT molecular complexity index is 341. The van der Waals surface area contributed by atoms with Gasteiger partial charge >= 0.3 is 0 Å². The Morgan fingerprint density at radius 2 is 1.60 bits per heavy atom. The molecule has 1 aliphatic heterocycles. The fourth-order valence-corrected chi connectivity index (χ4v) is 3.48. The number of carbonyl (C=O) groups is 1. The number of methoxy groups -OCH3 is 1. The van der Waals surface area contributed by atoms with Crippen molar-refractivity contribution in [2.75, 3.05) is 13.7 Å². The number of nitrogens with one attached hydrogen (secondary N) is 1. The third-order valence-electron chi connectivity index (χ3n) is 4.97. The topological polar surface area (TPSA) is 47.6 Å². The highest BCUT2D eigenvalue weighted by molar-refractivity contribution is 6.11. The minimum atomic E-state index is -0.299. The van der Waals surface area contributed by atoms with E-state index in [0.717, 1.165) is 12.8 Å². The van der Waals surface area contributed by atoms with Gasteiger partial charge < -0.3 is 14.8 Å². The van der Waals surface area contributed by atoms with Crippen LogP contribution in [-0.2, 0) is 14.3 Å². The van der Waals surface area contributed by atoms with E-state index in [1.807, 2.05) is 0 Å². The average molecular weight is 351 g/mol. The monoisotopic (exact) mass is 351 g/mol. The molecule has 0 aromatic heterocycles. The lowest BCUT2D eigenvalue weighted by Gasteiger charge is -2.19. The summed E-state index contributed by atoms with van der Waals surface area (Å²) in [6, 6.07) is -0.317. The molecule has 4 nitrogen and oxygen atoms in total. The number of amides is 1. The molecule has 1 heterocycles. The summed E-state index contributed by atoms with van der Waals surface area (Å²) < 4.78 is 10.7. The van der Waals surface area contributed by atoms with E-state index >= 15 is 0 Å². The van der Waals surface area contributed by atoms with Gasteiger partial charge in [0.15, 0.2) is 0 Å². The normalized spacial score (nSPS) is 23.0. The fraction of sp³-hybridized carbons (Fsp3) is 0.950. The standard InChI is InChI=1S/C20H38BNO3/c1-3-4-5-6-7-8-9-10-11-12-13-14-20(23)22-17-15-19(21)25-18(17)16-24-2/h17-19H,3-16H2,1-2H3,(H,22,23)/t17-,18-,19-/m1/s1. The van der Waals surface area contributed by atoms with E-state index in [-0.39, 0.29) is 24.1 Å². The molecule has 1 rings (SSSR count). The number of unbranched alkanes of at least 4 members (excludes halogenated alkanes) is 10. The summed E-state index contributed by atoms with van der Waals surface area (Å²) in [5, 5.41) is 3.06. The molecule has 1 amide bonds. The Labute approximate surface area is 156 Å². The van der Waals surface area contributed by atoms with Gasteiger partial charge in [-0.1, -0.05) is 71.1 Å². The summed E-state index contributed by atoms with van der Waals surface area (Å²) in [5.74, 6) is 0.111. The van der Waals surface area contributed by atoms with Crippen molar-refractivity contribution in [1.82, 2.24) is 5.32 Å². The highest BCUT2D eigenvalue weighted by Crippen LogP contribution is 2.19. The highest BCUT2D eigenvalue weighted by atomic mass is 16.5. The molecule has 1 aliphatic rings. The molecule has 1 N–H and O–H groups in total. The quantitative estimate of drug-likeness (QED) is 0.357. The molecule has 0 aromatic carbocycles. The van der Waals surface area contributed by atoms with Crippen molar-refractivity contribution in [3.8, 4) is 0 Å². The zero-order valence-electron chi connectivity index (χ0n) is 16.4. The minimum absolute atomic E-state index is 0.0184. The molecule has 25 heavy (non-hydrogen) atoms. The van der Waals surface area contributed by atoms with Crippen LogP contribution >= 0.6 is 0 Å². The fourth-order valence-electron chi connectivity index (χ4n) is 3.48. The second-order valence-electron chi connectivity index (χ2n) is 7.36. The van der Waals surface area contributed by atoms with E-state index in [4.69, 9.17) is 17.3 Å². The van der Waals surface area contributed by atoms with Crippen LogP contribution in [0.2, 0.25) is 0 Å². The zero-order valence-corrected chi connectivity index (χ0v) is 16.4. The van der Waals surface area contributed by atoms with Crippen molar-refractivity contribution in [2.24, 2.45) is 0 Å². The van der Waals surface area contributed by atoms with Crippen LogP contribution in [0.3, 0.4) is 0 Å². The van der Waals surface area contributed by atoms with E-state index in [1.54, 1.807) is 7.11 Å². The molecule has 2 radical (unpaired) electrons. The first-order chi connectivity index (χ1) is 12.2. The number of rotatable bonds is 15. The molecule has 0 bridgehead atoms. The lowest BCUT2D eigenvalue weighted by molar-refractivity contribution is -0.122. The van der Waals surface area contributed by atoms with E-state index in [0.29, 0.717) is 19.4 Å². The van der Waals surface area contributed by atoms with Crippen molar-refractivity contribution in [2.45, 2.75) is 109 Å². The molecule has 0 saturated carbocycles. The van der Waals surface area contributed by atoms with Crippen LogP contribution in [0, 0.1) is 0 Å². The van der Waals surface area contributed by atoms with Crippen LogP contribution in [0.1, 0.15) is 90.4 Å². The van der Waals surface area contributed by atoms with Gasteiger partial charge in [-0.25, -0.2) is 0 Å². The second-order valence-corrected chi connectivity index (χ2v) is 7.36. The first kappa shape index (κ1) is 22.5. The van der Waals surface area contributed by atoms with Gasteiger partial charge in [0.1, 0.15) is 14.0 Å². The van der Waals surface area contributed by atoms with Crippen molar-refractivity contribution in [1.29, 1.82) is 0 Å². The maximum atomic E-state index is 12.1. The van der Waals surface area contributed by atoms with E-state index in [2.05, 4.69) is 12.2 Å². The van der Waals surface area contributed by atoms with Crippen molar-refractivity contribution >= 4 is 13.8 Å². The van der Waals surface area contributed by atoms with Gasteiger partial charge in [-0.2, -0.15) is 0 Å². The van der Waals surface area contributed by atoms with Gasteiger partial charge in [-0.3, -0.25) is 4.79 Å². The Morgan fingerprint density at radius 1 is 1.04 bits per heavy atom. The molecule has 1 saturated heterocycles. The number of ether oxygens (including phenoxy) is 2. The molecular weight excluding hydrogens is 313 g/mol. The van der Waals surface area contributed by atoms with Gasteiger partial charge in [0.05, 0.1) is 12.6 Å². The first-order valence-corrected chi connectivity index (χ1v) is 10.4. The van der Waals surface area contributed by atoms with Crippen LogP contribution in [0.25, 0.3) is 0 Å². The van der Waals surface area contributed by atoms with Crippen LogP contribution in [0.5, 0.6) is 0 Å². The maximum absolute atomic E-state index is 12.1. The predicted octanol–water partition coefficient (Wildman–Crippen LogP) is 4.10. The summed E-state index contributed by atoms with van der Waals surface area (Å²) >= 11 is 0. The molecule has 144 valence electrons. The smallest absolute Gasteiger partial charge is 0.220 e. The molecule has 0 aromatic rings. The van der Waals surface area contributed by atoms with E-state index < -0.39 is 0 Å². The van der Waals surface area contributed by atoms with Gasteiger partial charge in [0, 0.05) is 19.5 Å². The third-order valence-corrected chi connectivity index (χ3v) is 4.97. The highest BCUT2D eigenvalue weighted by Gasteiger charge is 2.33. The summed E-state index contributed by atoms with van der Waals surface area (Å²) in [5.41, 5.74) is 0. The maximum Gasteiger partial charge on any atom is 0.220 e. The molecular formula is C20H38BNO3. The summed E-state index contributed by atoms with van der Waals surface area (Å²) in [4.78, 5) is 12.1. The predicted molar refractivity (Wildman–Crippen MR) is 104 cm³/mol.